The predicted octanol–water partition coefficient (Wildman–Crippen LogP) is 12.4. The molecule has 70 heavy (non-hydrogen) atoms. The first-order chi connectivity index (χ1) is 33.5. The average Bonchev–Trinajstić information content (AvgIpc) is 3.88. The number of hydrogen-bond acceptors (Lipinski definition) is 0. The van der Waals surface area contributed by atoms with Gasteiger partial charge in [0, 0.05) is 36.2 Å². The Balaban J connectivity index is 0.000000160. The Bertz CT molecular complexity index is 3470. The number of aromatic nitrogens is 2. The Hall–Kier alpha value is -6.48. The van der Waals surface area contributed by atoms with E-state index in [1.165, 1.54) is 64.4 Å². The molecule has 0 saturated heterocycles. The van der Waals surface area contributed by atoms with Crippen molar-refractivity contribution >= 4 is 102 Å². The quantitative estimate of drug-likeness (QED) is 0.0680. The zero-order valence-corrected chi connectivity index (χ0v) is 44.9. The second kappa shape index (κ2) is 23.0. The van der Waals surface area contributed by atoms with Crippen LogP contribution in [0.4, 0.5) is 0 Å². The molecule has 0 aliphatic carbocycles. The molecule has 0 N–H and O–H groups in total. The van der Waals surface area contributed by atoms with Crippen LogP contribution in [0.15, 0.2) is 243 Å². The third kappa shape index (κ3) is 9.95. The molecule has 0 atom stereocenters. The van der Waals surface area contributed by atoms with Gasteiger partial charge in [-0.1, -0.05) is 156 Å². The van der Waals surface area contributed by atoms with Crippen LogP contribution >= 0.6 is 15.8 Å². The molecule has 2 heterocycles. The van der Waals surface area contributed by atoms with Crippen LogP contribution in [0.25, 0.3) is 54.4 Å². The van der Waals surface area contributed by atoms with Gasteiger partial charge in [-0.25, -0.2) is 0 Å². The van der Waals surface area contributed by atoms with Gasteiger partial charge < -0.3 is 22.0 Å². The average molecular weight is 1300 g/mol. The Morgan fingerprint density at radius 1 is 0.329 bits per heavy atom. The van der Waals surface area contributed by atoms with E-state index >= 15 is 0 Å². The first-order valence-corrected chi connectivity index (χ1v) is 25.8. The summed E-state index contributed by atoms with van der Waals surface area (Å²) in [5.41, 5.74) is 6.40. The van der Waals surface area contributed by atoms with Crippen molar-refractivity contribution in [2.24, 2.45) is 14.1 Å². The maximum absolute atomic E-state index is 7.35. The molecule has 344 valence electrons. The Kier molecular flexibility index (Phi) is 16.4. The number of benzene rings is 10. The van der Waals surface area contributed by atoms with Crippen LogP contribution in [0, 0.1) is 24.7 Å². The summed E-state index contributed by atoms with van der Waals surface area (Å²) in [5, 5.41) is 15.9. The number of hydrogen-bond donors (Lipinski definition) is 0. The fourth-order valence-electron chi connectivity index (χ4n) is 9.66. The summed E-state index contributed by atoms with van der Waals surface area (Å²) in [6, 6.07) is 86.8. The minimum atomic E-state index is -1.23. The second-order valence-electron chi connectivity index (χ2n) is 16.8. The molecule has 6 heteroatoms. The summed E-state index contributed by atoms with van der Waals surface area (Å²) >= 11 is 0. The summed E-state index contributed by atoms with van der Waals surface area (Å²) in [7, 11) is 1.65. The molecule has 0 aliphatic heterocycles. The van der Waals surface area contributed by atoms with Gasteiger partial charge in [0.1, 0.15) is 47.7 Å². The Morgan fingerprint density at radius 3 is 0.943 bits per heavy atom. The van der Waals surface area contributed by atoms with Crippen LogP contribution in [-0.2, 0) is 58.9 Å². The molecule has 0 saturated carbocycles. The van der Waals surface area contributed by atoms with E-state index < -0.39 is 15.8 Å². The van der Waals surface area contributed by atoms with Crippen molar-refractivity contribution in [2.45, 2.75) is 0 Å². The molecule has 12 rings (SSSR count). The van der Waals surface area contributed by atoms with Gasteiger partial charge in [0.15, 0.2) is 0 Å². The molecule has 0 spiro atoms. The number of aryl methyl sites for hydroxylation is 2. The van der Waals surface area contributed by atoms with E-state index in [1.807, 2.05) is 48.5 Å². The predicted molar refractivity (Wildman–Crippen MR) is 297 cm³/mol. The van der Waals surface area contributed by atoms with Crippen molar-refractivity contribution in [1.82, 2.24) is 9.13 Å². The van der Waals surface area contributed by atoms with Gasteiger partial charge >= 0.3 is 44.8 Å². The van der Waals surface area contributed by atoms with Gasteiger partial charge in [-0.2, -0.15) is 0 Å². The summed E-state index contributed by atoms with van der Waals surface area (Å²) in [5.74, 6) is 5.02. The normalized spacial score (nSPS) is 10.7. The van der Waals surface area contributed by atoms with Gasteiger partial charge in [-0.15, -0.1) is 23.3 Å². The van der Waals surface area contributed by atoms with Crippen molar-refractivity contribution in [3.05, 3.63) is 267 Å². The SMILES string of the molecule is [Au+].[Au+].[C-]#Cc1cccc2c1c1ccccc1n2C.[C-]#Cc1cccc2c1c1ccccc1n2C.c1ccc([PH+](c2ccccc2)c2cc3ccccc3cc2[PH+](c2ccccc2)c2ccccc2)cc1. The fraction of sp³-hybridized carbons (Fsp3) is 0.0312. The Morgan fingerprint density at radius 2 is 0.614 bits per heavy atom. The smallest absolute Gasteiger partial charge is 0.366 e. The van der Waals surface area contributed by atoms with Crippen molar-refractivity contribution in [3.63, 3.8) is 0 Å². The molecule has 0 amide bonds. The molecular formula is C64H48Au2N2P2+2. The van der Waals surface area contributed by atoms with Crippen LogP contribution in [-0.4, -0.2) is 9.13 Å². The van der Waals surface area contributed by atoms with Gasteiger partial charge in [-0.05, 0) is 106 Å². The van der Waals surface area contributed by atoms with Crippen molar-refractivity contribution in [2.75, 3.05) is 0 Å². The molecule has 0 unspecified atom stereocenters. The zero-order valence-electron chi connectivity index (χ0n) is 38.6. The largest absolute Gasteiger partial charge is 1.00 e. The molecular weight excluding hydrogens is 1250 g/mol. The van der Waals surface area contributed by atoms with Gasteiger partial charge in [0.05, 0.1) is 0 Å². The third-order valence-electron chi connectivity index (χ3n) is 12.8. The molecule has 0 bridgehead atoms. The minimum absolute atomic E-state index is 0. The summed E-state index contributed by atoms with van der Waals surface area (Å²) < 4.78 is 4.32. The fourth-order valence-corrected chi connectivity index (χ4v) is 15.7. The topological polar surface area (TPSA) is 9.86 Å². The van der Waals surface area contributed by atoms with Crippen molar-refractivity contribution in [1.29, 1.82) is 0 Å². The monoisotopic (exact) mass is 1300 g/mol. The van der Waals surface area contributed by atoms with Crippen LogP contribution in [0.1, 0.15) is 11.1 Å². The van der Waals surface area contributed by atoms with E-state index in [9.17, 15) is 0 Å². The first-order valence-electron chi connectivity index (χ1n) is 22.8. The summed E-state index contributed by atoms with van der Waals surface area (Å²) in [6.45, 7) is 0. The van der Waals surface area contributed by atoms with Crippen LogP contribution < -0.4 is 31.8 Å². The number of fused-ring (bicyclic) bond motifs is 7. The third-order valence-corrected chi connectivity index (χ3v) is 18.6. The molecule has 12 aromatic rings. The minimum Gasteiger partial charge on any atom is -0.366 e. The van der Waals surface area contributed by atoms with Crippen LogP contribution in [0.3, 0.4) is 0 Å². The van der Waals surface area contributed by atoms with E-state index in [2.05, 4.69) is 229 Å². The van der Waals surface area contributed by atoms with Gasteiger partial charge in [-0.3, -0.25) is 11.8 Å². The number of para-hydroxylation sites is 2. The number of nitrogens with zero attached hydrogens (tertiary/aromatic N) is 2. The van der Waals surface area contributed by atoms with Crippen molar-refractivity contribution in [3.8, 4) is 11.8 Å². The maximum Gasteiger partial charge on any atom is 1.00 e. The van der Waals surface area contributed by atoms with Crippen LogP contribution in [0.2, 0.25) is 0 Å². The van der Waals surface area contributed by atoms with E-state index in [-0.39, 0.29) is 44.8 Å². The summed E-state index contributed by atoms with van der Waals surface area (Å²) in [4.78, 5) is 0. The Labute approximate surface area is 444 Å². The molecule has 2 aromatic heterocycles. The zero-order chi connectivity index (χ0) is 46.4. The van der Waals surface area contributed by atoms with Crippen LogP contribution in [0.5, 0.6) is 0 Å². The van der Waals surface area contributed by atoms with E-state index in [4.69, 9.17) is 12.8 Å². The summed E-state index contributed by atoms with van der Waals surface area (Å²) in [6.07, 6.45) is 14.7. The van der Waals surface area contributed by atoms with Gasteiger partial charge in [0.25, 0.3) is 0 Å². The molecule has 0 fully saturated rings. The molecule has 0 radical (unpaired) electrons. The van der Waals surface area contributed by atoms with E-state index in [1.54, 1.807) is 0 Å². The maximum atomic E-state index is 7.35. The standard InChI is InChI=1S/C34H26P2.2C15H10N.2Au/c1-5-17-29(18-6-1)35(30-19-7-2-8-20-30)33-25-27-15-13-14-16-28(27)26-34(33)36(31-21-9-3-10-22-31)32-23-11-4-12-24-32;2*1-3-11-7-6-10-14-15(11)12-8-4-5-9-13(12)16(14)2;;/h1-26H;2*4-10H,2H3;;/q;2*-1;2*+1/p+2. The molecule has 2 nitrogen and oxygen atoms in total. The first kappa shape index (κ1) is 49.9. The van der Waals surface area contributed by atoms with E-state index in [0.29, 0.717) is 0 Å². The van der Waals surface area contributed by atoms with Crippen molar-refractivity contribution < 1.29 is 44.8 Å². The number of rotatable bonds is 6. The molecule has 10 aromatic carbocycles. The second-order valence-corrected chi connectivity index (χ2v) is 21.6. The molecule has 0 aliphatic rings. The van der Waals surface area contributed by atoms with E-state index in [0.717, 1.165) is 32.9 Å². The van der Waals surface area contributed by atoms with Gasteiger partial charge in [0.2, 0.25) is 0 Å².